The van der Waals surface area contributed by atoms with Crippen LogP contribution >= 0.6 is 11.8 Å². The number of amides is 1. The van der Waals surface area contributed by atoms with E-state index in [4.69, 9.17) is 0 Å². The Morgan fingerprint density at radius 1 is 1.21 bits per heavy atom. The number of carbonyl (C=O) groups is 1. The van der Waals surface area contributed by atoms with E-state index in [1.807, 2.05) is 13.8 Å². The molecule has 1 N–H and O–H groups in total. The standard InChI is InChI=1S/C20H20N4O4S/c1-13(2)11-23-19(26)14-7-3-4-8-15(14)22-20(23)29-12-18(25)21-16-9-5-6-10-17(16)24(27)28/h3-10,13H,11-12H2,1-2H3,(H,21,25). The van der Waals surface area contributed by atoms with E-state index < -0.39 is 10.8 Å². The number of anilines is 1. The molecular weight excluding hydrogens is 392 g/mol. The molecule has 29 heavy (non-hydrogen) atoms. The molecule has 0 bridgehead atoms. The SMILES string of the molecule is CC(C)Cn1c(SCC(=O)Nc2ccccc2[N+](=O)[O-])nc2ccccc2c1=O. The lowest BCUT2D eigenvalue weighted by Crippen LogP contribution is -2.26. The second-order valence-corrected chi connectivity index (χ2v) is 7.77. The van der Waals surface area contributed by atoms with Gasteiger partial charge in [0.05, 0.1) is 21.6 Å². The molecule has 0 radical (unpaired) electrons. The molecule has 8 nitrogen and oxygen atoms in total. The molecule has 0 saturated heterocycles. The highest BCUT2D eigenvalue weighted by molar-refractivity contribution is 7.99. The van der Waals surface area contributed by atoms with Gasteiger partial charge in [-0.3, -0.25) is 24.3 Å². The second kappa shape index (κ2) is 8.87. The first-order valence-corrected chi connectivity index (χ1v) is 10.0. The summed E-state index contributed by atoms with van der Waals surface area (Å²) in [4.78, 5) is 40.3. The maximum Gasteiger partial charge on any atom is 0.292 e. The van der Waals surface area contributed by atoms with Crippen LogP contribution in [-0.4, -0.2) is 26.1 Å². The zero-order valence-corrected chi connectivity index (χ0v) is 16.8. The van der Waals surface area contributed by atoms with E-state index in [0.29, 0.717) is 22.6 Å². The van der Waals surface area contributed by atoms with Gasteiger partial charge in [0, 0.05) is 12.6 Å². The minimum absolute atomic E-state index is 0.0328. The summed E-state index contributed by atoms with van der Waals surface area (Å²) in [7, 11) is 0. The summed E-state index contributed by atoms with van der Waals surface area (Å²) in [6.45, 7) is 4.47. The monoisotopic (exact) mass is 412 g/mol. The van der Waals surface area contributed by atoms with Gasteiger partial charge in [-0.1, -0.05) is 49.9 Å². The van der Waals surface area contributed by atoms with Crippen molar-refractivity contribution in [3.05, 3.63) is 69.0 Å². The Labute approximate surface area is 171 Å². The van der Waals surface area contributed by atoms with Gasteiger partial charge in [0.2, 0.25) is 5.91 Å². The molecule has 0 aliphatic rings. The number of nitro groups is 1. The molecular formula is C20H20N4O4S. The van der Waals surface area contributed by atoms with Crippen molar-refractivity contribution >= 4 is 39.9 Å². The van der Waals surface area contributed by atoms with Crippen LogP contribution in [0.25, 0.3) is 10.9 Å². The highest BCUT2D eigenvalue weighted by Gasteiger charge is 2.17. The van der Waals surface area contributed by atoms with Crippen molar-refractivity contribution in [2.24, 2.45) is 5.92 Å². The minimum atomic E-state index is -0.548. The number of nitrogens with zero attached hydrogens (tertiary/aromatic N) is 3. The number of para-hydroxylation sites is 3. The maximum atomic E-state index is 12.9. The Morgan fingerprint density at radius 3 is 2.62 bits per heavy atom. The third-order valence-electron chi connectivity index (χ3n) is 4.08. The van der Waals surface area contributed by atoms with Gasteiger partial charge in [0.1, 0.15) is 5.69 Å². The number of benzene rings is 2. The summed E-state index contributed by atoms with van der Waals surface area (Å²) in [5.74, 6) is -0.229. The summed E-state index contributed by atoms with van der Waals surface area (Å²) in [5, 5.41) is 14.6. The molecule has 0 aliphatic carbocycles. The zero-order valence-electron chi connectivity index (χ0n) is 16.0. The number of nitro benzene ring substituents is 1. The fraction of sp³-hybridized carbons (Fsp3) is 0.250. The van der Waals surface area contributed by atoms with Crippen molar-refractivity contribution in [2.75, 3.05) is 11.1 Å². The average Bonchev–Trinajstić information content (AvgIpc) is 2.69. The summed E-state index contributed by atoms with van der Waals surface area (Å²) in [6.07, 6.45) is 0. The molecule has 0 unspecified atom stereocenters. The lowest BCUT2D eigenvalue weighted by Gasteiger charge is -2.14. The molecule has 9 heteroatoms. The predicted molar refractivity (Wildman–Crippen MR) is 113 cm³/mol. The molecule has 0 aliphatic heterocycles. The third kappa shape index (κ3) is 4.80. The van der Waals surface area contributed by atoms with Crippen molar-refractivity contribution in [3.63, 3.8) is 0 Å². The van der Waals surface area contributed by atoms with Crippen LogP contribution in [0.2, 0.25) is 0 Å². The van der Waals surface area contributed by atoms with Crippen LogP contribution < -0.4 is 10.9 Å². The highest BCUT2D eigenvalue weighted by atomic mass is 32.2. The van der Waals surface area contributed by atoms with Crippen LogP contribution in [0.15, 0.2) is 58.5 Å². The Kier molecular flexibility index (Phi) is 6.28. The summed E-state index contributed by atoms with van der Waals surface area (Å²) in [5.41, 5.74) is 0.380. The molecule has 3 aromatic rings. The fourth-order valence-electron chi connectivity index (χ4n) is 2.84. The molecule has 0 fully saturated rings. The Balaban J connectivity index is 1.84. The van der Waals surface area contributed by atoms with E-state index in [-0.39, 0.29) is 28.6 Å². The number of aromatic nitrogens is 2. The van der Waals surface area contributed by atoms with Crippen LogP contribution in [0, 0.1) is 16.0 Å². The van der Waals surface area contributed by atoms with Gasteiger partial charge in [0.25, 0.3) is 11.2 Å². The first-order chi connectivity index (χ1) is 13.9. The van der Waals surface area contributed by atoms with Gasteiger partial charge < -0.3 is 5.32 Å². The average molecular weight is 412 g/mol. The Bertz CT molecular complexity index is 1130. The minimum Gasteiger partial charge on any atom is -0.320 e. The second-order valence-electron chi connectivity index (χ2n) is 6.83. The number of nitrogens with one attached hydrogen (secondary N) is 1. The molecule has 2 aromatic carbocycles. The lowest BCUT2D eigenvalue weighted by molar-refractivity contribution is -0.383. The highest BCUT2D eigenvalue weighted by Crippen LogP contribution is 2.24. The van der Waals surface area contributed by atoms with Gasteiger partial charge in [-0.2, -0.15) is 0 Å². The largest absolute Gasteiger partial charge is 0.320 e. The number of thioether (sulfide) groups is 1. The van der Waals surface area contributed by atoms with Crippen LogP contribution in [0.1, 0.15) is 13.8 Å². The van der Waals surface area contributed by atoms with Crippen molar-refractivity contribution in [3.8, 4) is 0 Å². The van der Waals surface area contributed by atoms with E-state index in [9.17, 15) is 19.7 Å². The van der Waals surface area contributed by atoms with Crippen molar-refractivity contribution in [1.29, 1.82) is 0 Å². The van der Waals surface area contributed by atoms with Gasteiger partial charge in [0.15, 0.2) is 5.16 Å². The smallest absolute Gasteiger partial charge is 0.292 e. The molecule has 1 heterocycles. The predicted octanol–water partition coefficient (Wildman–Crippen LogP) is 3.69. The number of hydrogen-bond acceptors (Lipinski definition) is 6. The molecule has 0 saturated carbocycles. The quantitative estimate of drug-likeness (QED) is 0.274. The summed E-state index contributed by atoms with van der Waals surface area (Å²) < 4.78 is 1.58. The Morgan fingerprint density at radius 2 is 1.90 bits per heavy atom. The number of carbonyl (C=O) groups excluding carboxylic acids is 1. The normalized spacial score (nSPS) is 11.0. The summed E-state index contributed by atoms with van der Waals surface area (Å²) >= 11 is 1.13. The number of hydrogen-bond donors (Lipinski definition) is 1. The molecule has 150 valence electrons. The first kappa shape index (κ1) is 20.5. The summed E-state index contributed by atoms with van der Waals surface area (Å²) in [6, 6.07) is 13.0. The van der Waals surface area contributed by atoms with Gasteiger partial charge in [-0.15, -0.1) is 0 Å². The molecule has 1 amide bonds. The topological polar surface area (TPSA) is 107 Å². The molecule has 3 rings (SSSR count). The van der Waals surface area contributed by atoms with Crippen molar-refractivity contribution in [1.82, 2.24) is 9.55 Å². The van der Waals surface area contributed by atoms with Crippen molar-refractivity contribution in [2.45, 2.75) is 25.5 Å². The Hall–Kier alpha value is -3.20. The van der Waals surface area contributed by atoms with E-state index in [1.165, 1.54) is 18.2 Å². The molecule has 0 spiro atoms. The van der Waals surface area contributed by atoms with Gasteiger partial charge in [-0.25, -0.2) is 4.98 Å². The first-order valence-electron chi connectivity index (χ1n) is 9.02. The zero-order chi connectivity index (χ0) is 21.0. The number of fused-ring (bicyclic) bond motifs is 1. The van der Waals surface area contributed by atoms with E-state index in [1.54, 1.807) is 34.9 Å². The number of rotatable bonds is 7. The third-order valence-corrected chi connectivity index (χ3v) is 5.06. The lowest BCUT2D eigenvalue weighted by atomic mass is 10.2. The van der Waals surface area contributed by atoms with Crippen molar-refractivity contribution < 1.29 is 9.72 Å². The van der Waals surface area contributed by atoms with Gasteiger partial charge in [-0.05, 0) is 24.1 Å². The van der Waals surface area contributed by atoms with E-state index in [2.05, 4.69) is 10.3 Å². The van der Waals surface area contributed by atoms with E-state index >= 15 is 0 Å². The van der Waals surface area contributed by atoms with E-state index in [0.717, 1.165) is 11.8 Å². The maximum absolute atomic E-state index is 12.9. The molecule has 0 atom stereocenters. The van der Waals surface area contributed by atoms with Crippen LogP contribution in [0.3, 0.4) is 0 Å². The van der Waals surface area contributed by atoms with Crippen LogP contribution in [-0.2, 0) is 11.3 Å². The van der Waals surface area contributed by atoms with Crippen LogP contribution in [0.5, 0.6) is 0 Å². The molecule has 1 aromatic heterocycles. The van der Waals surface area contributed by atoms with Gasteiger partial charge >= 0.3 is 0 Å². The van der Waals surface area contributed by atoms with Crippen LogP contribution in [0.4, 0.5) is 11.4 Å². The fourth-order valence-corrected chi connectivity index (χ4v) is 3.65.